The summed E-state index contributed by atoms with van der Waals surface area (Å²) in [7, 11) is 0. The van der Waals surface area contributed by atoms with E-state index in [0.29, 0.717) is 28.0 Å². The van der Waals surface area contributed by atoms with Crippen molar-refractivity contribution < 1.29 is 4.79 Å². The maximum atomic E-state index is 12.1. The Morgan fingerprint density at radius 3 is 2.43 bits per heavy atom. The molecule has 0 unspecified atom stereocenters. The number of hydrogen-bond donors (Lipinski definition) is 2. The number of benzene rings is 1. The number of carbonyl (C=O) groups is 1. The number of nitrogens with one attached hydrogen (secondary N) is 1. The van der Waals surface area contributed by atoms with Crippen molar-refractivity contribution in [1.29, 1.82) is 0 Å². The van der Waals surface area contributed by atoms with Gasteiger partial charge >= 0.3 is 0 Å². The van der Waals surface area contributed by atoms with Gasteiger partial charge in [-0.1, -0.05) is 36.5 Å². The smallest absolute Gasteiger partial charge is 0.238 e. The third-order valence-electron chi connectivity index (χ3n) is 3.98. The number of hydrogen-bond acceptors (Lipinski definition) is 3. The van der Waals surface area contributed by atoms with Crippen LogP contribution < -0.4 is 11.1 Å². The van der Waals surface area contributed by atoms with Gasteiger partial charge in [-0.15, -0.1) is 0 Å². The number of anilines is 2. The zero-order valence-corrected chi connectivity index (χ0v) is 13.7. The van der Waals surface area contributed by atoms with Crippen molar-refractivity contribution in [2.75, 3.05) is 30.7 Å². The SMILES string of the molecule is CCC1CCN(CC(=O)Nc2c(Cl)cc(N)cc2Cl)CC1. The minimum Gasteiger partial charge on any atom is -0.399 e. The van der Waals surface area contributed by atoms with Gasteiger partial charge in [-0.2, -0.15) is 0 Å². The standard InChI is InChI=1S/C15H21Cl2N3O/c1-2-10-3-5-20(6-4-10)9-14(21)19-15-12(16)7-11(18)8-13(15)17/h7-8,10H,2-6,9,18H2,1H3,(H,19,21). The maximum absolute atomic E-state index is 12.1. The van der Waals surface area contributed by atoms with Crippen LogP contribution in [-0.2, 0) is 4.79 Å². The highest BCUT2D eigenvalue weighted by Gasteiger charge is 2.20. The Kier molecular flexibility index (Phi) is 5.73. The van der Waals surface area contributed by atoms with Gasteiger partial charge in [-0.05, 0) is 44.0 Å². The van der Waals surface area contributed by atoms with E-state index in [2.05, 4.69) is 17.1 Å². The highest BCUT2D eigenvalue weighted by atomic mass is 35.5. The predicted molar refractivity (Wildman–Crippen MR) is 89.0 cm³/mol. The molecule has 2 rings (SSSR count). The molecule has 1 aliphatic rings. The zero-order valence-electron chi connectivity index (χ0n) is 12.2. The number of likely N-dealkylation sites (tertiary alicyclic amines) is 1. The summed E-state index contributed by atoms with van der Waals surface area (Å²) in [5.74, 6) is 0.698. The number of piperidine rings is 1. The van der Waals surface area contributed by atoms with E-state index in [1.165, 1.54) is 6.42 Å². The van der Waals surface area contributed by atoms with Crippen LogP contribution in [0.15, 0.2) is 12.1 Å². The molecule has 1 aromatic carbocycles. The van der Waals surface area contributed by atoms with E-state index in [1.807, 2.05) is 0 Å². The van der Waals surface area contributed by atoms with Crippen LogP contribution in [0.3, 0.4) is 0 Å². The molecule has 1 heterocycles. The molecule has 3 N–H and O–H groups in total. The molecule has 0 spiro atoms. The maximum Gasteiger partial charge on any atom is 0.238 e. The summed E-state index contributed by atoms with van der Waals surface area (Å²) in [6, 6.07) is 3.16. The number of nitrogens with two attached hydrogens (primary N) is 1. The summed E-state index contributed by atoms with van der Waals surface area (Å²) < 4.78 is 0. The molecule has 21 heavy (non-hydrogen) atoms. The molecule has 116 valence electrons. The second-order valence-corrected chi connectivity index (χ2v) is 6.35. The normalized spacial score (nSPS) is 16.9. The van der Waals surface area contributed by atoms with Crippen molar-refractivity contribution in [2.45, 2.75) is 26.2 Å². The molecule has 0 bridgehead atoms. The van der Waals surface area contributed by atoms with Gasteiger partial charge in [0.25, 0.3) is 0 Å². The van der Waals surface area contributed by atoms with Crippen molar-refractivity contribution >= 4 is 40.5 Å². The van der Waals surface area contributed by atoms with Gasteiger partial charge in [0.1, 0.15) is 0 Å². The lowest BCUT2D eigenvalue weighted by atomic mass is 9.94. The lowest BCUT2D eigenvalue weighted by Gasteiger charge is -2.30. The van der Waals surface area contributed by atoms with Crippen molar-refractivity contribution in [3.05, 3.63) is 22.2 Å². The van der Waals surface area contributed by atoms with Crippen molar-refractivity contribution in [2.24, 2.45) is 5.92 Å². The second kappa shape index (κ2) is 7.34. The summed E-state index contributed by atoms with van der Waals surface area (Å²) in [5.41, 5.74) is 6.55. The number of halogens is 2. The average molecular weight is 330 g/mol. The Balaban J connectivity index is 1.91. The largest absolute Gasteiger partial charge is 0.399 e. The molecule has 0 saturated carbocycles. The fraction of sp³-hybridized carbons (Fsp3) is 0.533. The van der Waals surface area contributed by atoms with Gasteiger partial charge in [0, 0.05) is 5.69 Å². The Bertz CT molecular complexity index is 491. The van der Waals surface area contributed by atoms with E-state index >= 15 is 0 Å². The summed E-state index contributed by atoms with van der Waals surface area (Å²) in [6.07, 6.45) is 3.54. The van der Waals surface area contributed by atoms with Crippen LogP contribution in [0.4, 0.5) is 11.4 Å². The molecular weight excluding hydrogens is 309 g/mol. The zero-order chi connectivity index (χ0) is 15.4. The summed E-state index contributed by atoms with van der Waals surface area (Å²) in [6.45, 7) is 4.52. The number of nitrogen functional groups attached to an aromatic ring is 1. The minimum atomic E-state index is -0.0986. The van der Waals surface area contributed by atoms with E-state index in [0.717, 1.165) is 31.8 Å². The highest BCUT2D eigenvalue weighted by molar-refractivity contribution is 6.40. The monoisotopic (exact) mass is 329 g/mol. The summed E-state index contributed by atoms with van der Waals surface area (Å²) in [4.78, 5) is 14.3. The molecule has 4 nitrogen and oxygen atoms in total. The number of nitrogens with zero attached hydrogens (tertiary/aromatic N) is 1. The first-order chi connectivity index (χ1) is 9.99. The quantitative estimate of drug-likeness (QED) is 0.829. The van der Waals surface area contributed by atoms with Gasteiger partial charge in [0.05, 0.1) is 22.3 Å². The molecule has 1 saturated heterocycles. The van der Waals surface area contributed by atoms with E-state index < -0.39 is 0 Å². The Labute approximate surface area is 135 Å². The Morgan fingerprint density at radius 1 is 1.33 bits per heavy atom. The van der Waals surface area contributed by atoms with Crippen molar-refractivity contribution in [3.63, 3.8) is 0 Å². The highest BCUT2D eigenvalue weighted by Crippen LogP contribution is 2.32. The van der Waals surface area contributed by atoms with Gasteiger partial charge in [-0.3, -0.25) is 9.69 Å². The van der Waals surface area contributed by atoms with Crippen molar-refractivity contribution in [1.82, 2.24) is 4.90 Å². The minimum absolute atomic E-state index is 0.0986. The predicted octanol–water partition coefficient (Wildman–Crippen LogP) is 3.64. The number of amides is 1. The van der Waals surface area contributed by atoms with Crippen LogP contribution in [0.5, 0.6) is 0 Å². The summed E-state index contributed by atoms with van der Waals surface area (Å²) >= 11 is 12.1. The molecule has 0 aromatic heterocycles. The topological polar surface area (TPSA) is 58.4 Å². The van der Waals surface area contributed by atoms with Gasteiger partial charge in [-0.25, -0.2) is 0 Å². The number of rotatable bonds is 4. The molecule has 1 fully saturated rings. The third-order valence-corrected chi connectivity index (χ3v) is 4.58. The molecule has 6 heteroatoms. The first kappa shape index (κ1) is 16.4. The molecule has 0 aliphatic carbocycles. The van der Waals surface area contributed by atoms with Crippen LogP contribution in [0.25, 0.3) is 0 Å². The first-order valence-electron chi connectivity index (χ1n) is 7.26. The summed E-state index contributed by atoms with van der Waals surface area (Å²) in [5, 5.41) is 3.50. The van der Waals surface area contributed by atoms with Gasteiger partial charge < -0.3 is 11.1 Å². The van der Waals surface area contributed by atoms with E-state index in [9.17, 15) is 4.79 Å². The van der Waals surface area contributed by atoms with Gasteiger partial charge in [0.2, 0.25) is 5.91 Å². The fourth-order valence-electron chi connectivity index (χ4n) is 2.65. The lowest BCUT2D eigenvalue weighted by Crippen LogP contribution is -2.39. The molecule has 1 aromatic rings. The van der Waals surface area contributed by atoms with Crippen LogP contribution >= 0.6 is 23.2 Å². The first-order valence-corrected chi connectivity index (χ1v) is 8.02. The van der Waals surface area contributed by atoms with Crippen LogP contribution in [0.1, 0.15) is 26.2 Å². The second-order valence-electron chi connectivity index (χ2n) is 5.54. The van der Waals surface area contributed by atoms with E-state index in [1.54, 1.807) is 12.1 Å². The van der Waals surface area contributed by atoms with Crippen LogP contribution in [-0.4, -0.2) is 30.4 Å². The lowest BCUT2D eigenvalue weighted by molar-refractivity contribution is -0.117. The van der Waals surface area contributed by atoms with E-state index in [4.69, 9.17) is 28.9 Å². The van der Waals surface area contributed by atoms with Crippen molar-refractivity contribution in [3.8, 4) is 0 Å². The van der Waals surface area contributed by atoms with Gasteiger partial charge in [0.15, 0.2) is 0 Å². The average Bonchev–Trinajstić information content (AvgIpc) is 2.43. The Hall–Kier alpha value is -0.970. The Morgan fingerprint density at radius 2 is 1.90 bits per heavy atom. The molecular formula is C15H21Cl2N3O. The number of carbonyl (C=O) groups excluding carboxylic acids is 1. The fourth-order valence-corrected chi connectivity index (χ4v) is 3.25. The third kappa shape index (κ3) is 4.50. The van der Waals surface area contributed by atoms with Crippen LogP contribution in [0, 0.1) is 5.92 Å². The molecule has 0 radical (unpaired) electrons. The molecule has 1 amide bonds. The van der Waals surface area contributed by atoms with E-state index in [-0.39, 0.29) is 5.91 Å². The molecule has 1 aliphatic heterocycles. The van der Waals surface area contributed by atoms with Crippen LogP contribution in [0.2, 0.25) is 10.0 Å². The molecule has 0 atom stereocenters.